The highest BCUT2D eigenvalue weighted by Gasteiger charge is 2.50. The van der Waals surface area contributed by atoms with Crippen LogP contribution in [-0.2, 0) is 5.41 Å². The van der Waals surface area contributed by atoms with Gasteiger partial charge in [-0.25, -0.2) is 15.0 Å². The molecule has 3 aliphatic carbocycles. The molecule has 12 bridgehead atoms. The van der Waals surface area contributed by atoms with Gasteiger partial charge in [0, 0.05) is 38.8 Å². The summed E-state index contributed by atoms with van der Waals surface area (Å²) in [6.45, 7) is 9.61. The molecule has 6 aromatic carbocycles. The van der Waals surface area contributed by atoms with Gasteiger partial charge in [-0.3, -0.25) is 0 Å². The van der Waals surface area contributed by atoms with Gasteiger partial charge >= 0.3 is 0 Å². The molecule has 0 saturated carbocycles. The van der Waals surface area contributed by atoms with Crippen LogP contribution in [0.1, 0.15) is 44.6 Å². The summed E-state index contributed by atoms with van der Waals surface area (Å²) in [5, 5.41) is 2.23. The van der Waals surface area contributed by atoms with Gasteiger partial charge in [0.2, 0.25) is 0 Å². The van der Waals surface area contributed by atoms with Crippen molar-refractivity contribution in [1.82, 2.24) is 15.0 Å². The Hall–Kier alpha value is -6.65. The minimum absolute atomic E-state index is 0.0550. The predicted octanol–water partition coefficient (Wildman–Crippen LogP) is 13.4. The van der Waals surface area contributed by atoms with Crippen molar-refractivity contribution in [1.29, 1.82) is 0 Å². The Labute approximate surface area is 332 Å². The van der Waals surface area contributed by atoms with Crippen LogP contribution in [0.3, 0.4) is 0 Å². The second-order valence-corrected chi connectivity index (χ2v) is 16.5. The maximum atomic E-state index is 6.50. The Balaban J connectivity index is 1.19. The van der Waals surface area contributed by atoms with Gasteiger partial charge in [-0.2, -0.15) is 0 Å². The Morgan fingerprint density at radius 2 is 1.14 bits per heavy atom. The molecule has 8 aromatic rings. The number of aromatic nitrogens is 3. The van der Waals surface area contributed by atoms with E-state index in [2.05, 4.69) is 167 Å². The molecule has 272 valence electrons. The quantitative estimate of drug-likeness (QED) is 0.158. The van der Waals surface area contributed by atoms with E-state index in [0.29, 0.717) is 11.6 Å². The molecule has 4 atom stereocenters. The molecule has 0 spiro atoms. The summed E-state index contributed by atoms with van der Waals surface area (Å²) in [5.74, 6) is 2.63. The molecule has 4 heteroatoms. The Morgan fingerprint density at radius 3 is 1.95 bits per heavy atom. The summed E-state index contributed by atoms with van der Waals surface area (Å²) >= 11 is 0. The number of furan rings is 1. The fourth-order valence-corrected chi connectivity index (χ4v) is 10.8. The lowest BCUT2D eigenvalue weighted by Crippen LogP contribution is -2.40. The number of fused-ring (bicyclic) bond motifs is 2. The van der Waals surface area contributed by atoms with Gasteiger partial charge in [0.1, 0.15) is 11.2 Å². The third kappa shape index (κ3) is 4.53. The highest BCUT2D eigenvalue weighted by atomic mass is 16.3. The Kier molecular flexibility index (Phi) is 6.68. The second-order valence-electron chi connectivity index (χ2n) is 16.5. The summed E-state index contributed by atoms with van der Waals surface area (Å²) < 4.78 is 6.50. The monoisotopic (exact) mass is 733 g/mol. The third-order valence-corrected chi connectivity index (χ3v) is 13.4. The lowest BCUT2D eigenvalue weighted by Gasteiger charge is -2.50. The van der Waals surface area contributed by atoms with Crippen molar-refractivity contribution < 1.29 is 4.42 Å². The maximum absolute atomic E-state index is 6.50. The highest BCUT2D eigenvalue weighted by molar-refractivity contribution is 6.13. The van der Waals surface area contributed by atoms with Crippen LogP contribution in [0.5, 0.6) is 0 Å². The third-order valence-electron chi connectivity index (χ3n) is 13.4. The molecular weight excluding hydrogens is 695 g/mol. The molecular formula is C53H39N3O. The number of hydrogen-bond donors (Lipinski definition) is 0. The molecule has 15 rings (SSSR count). The van der Waals surface area contributed by atoms with Gasteiger partial charge < -0.3 is 4.42 Å². The average molecular weight is 734 g/mol. The smallest absolute Gasteiger partial charge is 0.164 e. The van der Waals surface area contributed by atoms with Crippen LogP contribution in [0.2, 0.25) is 0 Å². The topological polar surface area (TPSA) is 51.8 Å². The van der Waals surface area contributed by atoms with Crippen molar-refractivity contribution in [2.75, 3.05) is 0 Å². The van der Waals surface area contributed by atoms with Crippen molar-refractivity contribution in [2.45, 2.75) is 33.1 Å². The molecule has 6 heterocycles. The first kappa shape index (κ1) is 32.6. The van der Waals surface area contributed by atoms with Crippen LogP contribution in [-0.4, -0.2) is 15.0 Å². The molecule has 4 unspecified atom stereocenters. The number of nitrogens with zero attached hydrogens (tertiary/aromatic N) is 3. The van der Waals surface area contributed by atoms with E-state index >= 15 is 0 Å². The fraction of sp³-hybridized carbons (Fsp3) is 0.151. The molecule has 4 nitrogen and oxygen atoms in total. The van der Waals surface area contributed by atoms with E-state index in [4.69, 9.17) is 19.4 Å². The van der Waals surface area contributed by atoms with Gasteiger partial charge in [0.05, 0.1) is 0 Å². The molecule has 4 aliphatic heterocycles. The summed E-state index contributed by atoms with van der Waals surface area (Å²) in [6, 6.07) is 48.3. The van der Waals surface area contributed by atoms with Crippen LogP contribution in [0.4, 0.5) is 0 Å². The zero-order chi connectivity index (χ0) is 38.2. The predicted molar refractivity (Wildman–Crippen MR) is 232 cm³/mol. The summed E-state index contributed by atoms with van der Waals surface area (Å²) in [4.78, 5) is 15.8. The SMILES string of the molecule is CC1C=C2c3nc(-c4ccccc4)nc(n3)-c3ccc(cc3)-c3cccc4oc5ccc(cc5c34)-c3ccc4c(c3)-c3ccccc3C3=CC(C)C1=C(C2C)C34C. The lowest BCUT2D eigenvalue weighted by atomic mass is 9.53. The van der Waals surface area contributed by atoms with Gasteiger partial charge in [-0.1, -0.05) is 148 Å². The Morgan fingerprint density at radius 1 is 0.509 bits per heavy atom. The van der Waals surface area contributed by atoms with Crippen molar-refractivity contribution in [3.63, 3.8) is 0 Å². The number of benzene rings is 6. The van der Waals surface area contributed by atoms with E-state index in [0.717, 1.165) is 55.6 Å². The van der Waals surface area contributed by atoms with Crippen LogP contribution in [0, 0.1) is 17.8 Å². The first-order valence-corrected chi connectivity index (χ1v) is 20.2. The lowest BCUT2D eigenvalue weighted by molar-refractivity contribution is 0.544. The van der Waals surface area contributed by atoms with Crippen molar-refractivity contribution in [3.05, 3.63) is 174 Å². The van der Waals surface area contributed by atoms with Crippen LogP contribution in [0.15, 0.2) is 161 Å². The van der Waals surface area contributed by atoms with E-state index in [1.807, 2.05) is 6.07 Å². The second kappa shape index (κ2) is 11.7. The van der Waals surface area contributed by atoms with Gasteiger partial charge in [-0.15, -0.1) is 0 Å². The first-order chi connectivity index (χ1) is 27.8. The molecule has 57 heavy (non-hydrogen) atoms. The molecule has 2 aromatic heterocycles. The van der Waals surface area contributed by atoms with Crippen LogP contribution >= 0.6 is 0 Å². The van der Waals surface area contributed by atoms with Crippen molar-refractivity contribution in [2.24, 2.45) is 17.8 Å². The first-order valence-electron chi connectivity index (χ1n) is 20.2. The summed E-state index contributed by atoms with van der Waals surface area (Å²) in [7, 11) is 0. The standard InChI is InChI=1S/C53H39N3O/c1-29-25-40-31(3)49-47(29)30(2)26-44-39-14-9-8-13-38(39)41-27-35(21-23-43(41)53(44,49)4)36-22-24-45-42(28-36)48-37(15-10-16-46(48)57-45)32-17-19-34(20-18-32)51-54-50(55-52(40)56-51)33-11-6-5-7-12-33/h5-31H,1-4H3. The van der Waals surface area contributed by atoms with E-state index in [1.165, 1.54) is 50.1 Å². The van der Waals surface area contributed by atoms with Crippen molar-refractivity contribution in [3.8, 4) is 56.2 Å². The molecule has 0 saturated heterocycles. The fourth-order valence-electron chi connectivity index (χ4n) is 10.8. The minimum Gasteiger partial charge on any atom is -0.456 e. The summed E-state index contributed by atoms with van der Waals surface area (Å²) in [5.41, 5.74) is 18.7. The normalized spacial score (nSPS) is 21.4. The molecule has 0 N–H and O–H groups in total. The zero-order valence-electron chi connectivity index (χ0n) is 32.3. The molecule has 7 aliphatic rings. The van der Waals surface area contributed by atoms with Gasteiger partial charge in [-0.05, 0) is 98.7 Å². The summed E-state index contributed by atoms with van der Waals surface area (Å²) in [6.07, 6.45) is 4.99. The van der Waals surface area contributed by atoms with Crippen LogP contribution in [0.25, 0.3) is 89.2 Å². The van der Waals surface area contributed by atoms with Gasteiger partial charge in [0.25, 0.3) is 0 Å². The maximum Gasteiger partial charge on any atom is 0.164 e. The van der Waals surface area contributed by atoms with Crippen molar-refractivity contribution >= 4 is 33.1 Å². The van der Waals surface area contributed by atoms with E-state index in [1.54, 1.807) is 0 Å². The number of hydrogen-bond acceptors (Lipinski definition) is 4. The van der Waals surface area contributed by atoms with E-state index in [9.17, 15) is 0 Å². The zero-order valence-corrected chi connectivity index (χ0v) is 32.3. The minimum atomic E-state index is -0.369. The Bertz CT molecular complexity index is 3130. The number of rotatable bonds is 1. The number of allylic oxidation sites excluding steroid dienone is 6. The molecule has 0 amide bonds. The average Bonchev–Trinajstić information content (AvgIpc) is 3.63. The largest absolute Gasteiger partial charge is 0.456 e. The van der Waals surface area contributed by atoms with Gasteiger partial charge in [0.15, 0.2) is 17.5 Å². The highest BCUT2D eigenvalue weighted by Crippen LogP contribution is 2.62. The molecule has 0 radical (unpaired) electrons. The van der Waals surface area contributed by atoms with Crippen LogP contribution < -0.4 is 0 Å². The van der Waals surface area contributed by atoms with E-state index < -0.39 is 0 Å². The molecule has 0 fully saturated rings. The van der Waals surface area contributed by atoms with E-state index in [-0.39, 0.29) is 23.2 Å².